The van der Waals surface area contributed by atoms with E-state index in [0.29, 0.717) is 24.7 Å². The number of para-hydroxylation sites is 1. The van der Waals surface area contributed by atoms with Crippen LogP contribution in [0.2, 0.25) is 0 Å². The van der Waals surface area contributed by atoms with Crippen molar-refractivity contribution in [2.75, 3.05) is 46.4 Å². The van der Waals surface area contributed by atoms with E-state index < -0.39 is 0 Å². The van der Waals surface area contributed by atoms with Crippen molar-refractivity contribution in [1.29, 1.82) is 0 Å². The number of likely N-dealkylation sites (N-methyl/N-ethyl adjacent to an activating group) is 1. The number of piperazine rings is 1. The highest BCUT2D eigenvalue weighted by Gasteiger charge is 2.25. The quantitative estimate of drug-likeness (QED) is 0.575. The first-order chi connectivity index (χ1) is 16.5. The Kier molecular flexibility index (Phi) is 6.37. The smallest absolute Gasteiger partial charge is 0.287 e. The number of nitrogens with zero attached hydrogens (tertiary/aromatic N) is 2. The van der Waals surface area contributed by atoms with E-state index in [1.165, 1.54) is 6.07 Å². The zero-order chi connectivity index (χ0) is 23.5. The minimum Gasteiger partial charge on any atom is -0.486 e. The molecule has 4 heterocycles. The number of benzene rings is 1. The molecule has 1 atom stereocenters. The van der Waals surface area contributed by atoms with Gasteiger partial charge in [0.2, 0.25) is 5.56 Å². The summed E-state index contributed by atoms with van der Waals surface area (Å²) in [5.74, 6) is 2.01. The van der Waals surface area contributed by atoms with Gasteiger partial charge >= 0.3 is 0 Å². The highest BCUT2D eigenvalue weighted by Crippen LogP contribution is 2.40. The molecule has 0 bridgehead atoms. The maximum Gasteiger partial charge on any atom is 0.287 e. The standard InChI is InChI=1S/C25H28N4O5/c1-28-9-11-29(12-10-28)15-18-6-7-22(33-18)25(31)27-14-19-16-32-21-4-2-3-20(24(21)34-19)17-5-8-23(30)26-13-17/h2-8,13,19H,9-12,14-16H2,1H3,(H,26,30)(H,27,31). The Balaban J connectivity index is 1.19. The normalized spacial score (nSPS) is 18.6. The van der Waals surface area contributed by atoms with Crippen molar-refractivity contribution in [1.82, 2.24) is 20.1 Å². The van der Waals surface area contributed by atoms with Crippen LogP contribution in [-0.2, 0) is 6.54 Å². The fourth-order valence-corrected chi connectivity index (χ4v) is 4.15. The van der Waals surface area contributed by atoms with E-state index in [9.17, 15) is 9.59 Å². The average Bonchev–Trinajstić information content (AvgIpc) is 3.33. The number of amides is 1. The van der Waals surface area contributed by atoms with Gasteiger partial charge in [-0.05, 0) is 31.3 Å². The maximum atomic E-state index is 12.6. The van der Waals surface area contributed by atoms with Gasteiger partial charge in [-0.2, -0.15) is 0 Å². The van der Waals surface area contributed by atoms with E-state index in [4.69, 9.17) is 13.9 Å². The molecule has 0 radical (unpaired) electrons. The first-order valence-electron chi connectivity index (χ1n) is 11.4. The summed E-state index contributed by atoms with van der Waals surface area (Å²) in [5.41, 5.74) is 1.45. The zero-order valence-corrected chi connectivity index (χ0v) is 19.1. The number of hydrogen-bond acceptors (Lipinski definition) is 7. The van der Waals surface area contributed by atoms with Crippen LogP contribution >= 0.6 is 0 Å². The lowest BCUT2D eigenvalue weighted by atomic mass is 10.1. The van der Waals surface area contributed by atoms with Gasteiger partial charge in [0.05, 0.1) is 13.1 Å². The van der Waals surface area contributed by atoms with Crippen molar-refractivity contribution in [2.45, 2.75) is 12.6 Å². The second kappa shape index (κ2) is 9.74. The van der Waals surface area contributed by atoms with Gasteiger partial charge in [0.15, 0.2) is 17.3 Å². The van der Waals surface area contributed by atoms with Crippen molar-refractivity contribution in [3.8, 4) is 22.6 Å². The predicted molar refractivity (Wildman–Crippen MR) is 126 cm³/mol. The number of ether oxygens (including phenoxy) is 2. The van der Waals surface area contributed by atoms with Crippen molar-refractivity contribution in [3.05, 3.63) is 70.5 Å². The second-order valence-electron chi connectivity index (χ2n) is 8.68. The van der Waals surface area contributed by atoms with E-state index in [0.717, 1.165) is 43.1 Å². The van der Waals surface area contributed by atoms with E-state index in [-0.39, 0.29) is 29.9 Å². The minimum absolute atomic E-state index is 0.170. The molecular formula is C25H28N4O5. The van der Waals surface area contributed by atoms with Crippen LogP contribution in [0.4, 0.5) is 0 Å². The summed E-state index contributed by atoms with van der Waals surface area (Å²) in [7, 11) is 2.12. The lowest BCUT2D eigenvalue weighted by molar-refractivity contribution is 0.0773. The molecule has 0 aliphatic carbocycles. The fourth-order valence-electron chi connectivity index (χ4n) is 4.15. The number of pyridine rings is 1. The van der Waals surface area contributed by atoms with Crippen LogP contribution in [0.3, 0.4) is 0 Å². The summed E-state index contributed by atoms with van der Waals surface area (Å²) in [4.78, 5) is 31.4. The van der Waals surface area contributed by atoms with Crippen LogP contribution in [0.25, 0.3) is 11.1 Å². The largest absolute Gasteiger partial charge is 0.486 e. The molecule has 2 aliphatic rings. The van der Waals surface area contributed by atoms with Crippen molar-refractivity contribution >= 4 is 5.91 Å². The van der Waals surface area contributed by atoms with Gasteiger partial charge in [-0.3, -0.25) is 14.5 Å². The number of aromatic amines is 1. The Hall–Kier alpha value is -3.56. The summed E-state index contributed by atoms with van der Waals surface area (Å²) < 4.78 is 17.8. The van der Waals surface area contributed by atoms with Gasteiger partial charge in [0.1, 0.15) is 18.5 Å². The van der Waals surface area contributed by atoms with Crippen molar-refractivity contribution in [3.63, 3.8) is 0 Å². The lowest BCUT2D eigenvalue weighted by Gasteiger charge is -2.31. The van der Waals surface area contributed by atoms with Gasteiger partial charge < -0.3 is 29.1 Å². The van der Waals surface area contributed by atoms with E-state index in [2.05, 4.69) is 27.1 Å². The molecule has 0 saturated carbocycles. The Morgan fingerprint density at radius 1 is 1.12 bits per heavy atom. The van der Waals surface area contributed by atoms with Crippen LogP contribution in [-0.4, -0.2) is 73.2 Å². The van der Waals surface area contributed by atoms with Crippen molar-refractivity contribution < 1.29 is 18.7 Å². The number of carbonyl (C=O) groups excluding carboxylic acids is 1. The summed E-state index contributed by atoms with van der Waals surface area (Å²) in [6.45, 7) is 5.32. The van der Waals surface area contributed by atoms with Gasteiger partial charge in [0, 0.05) is 49.6 Å². The first-order valence-corrected chi connectivity index (χ1v) is 11.4. The number of aromatic nitrogens is 1. The van der Waals surface area contributed by atoms with E-state index >= 15 is 0 Å². The molecule has 1 aromatic carbocycles. The highest BCUT2D eigenvalue weighted by atomic mass is 16.6. The number of carbonyl (C=O) groups is 1. The Labute approximate surface area is 197 Å². The van der Waals surface area contributed by atoms with Crippen LogP contribution in [0.15, 0.2) is 57.9 Å². The molecular weight excluding hydrogens is 436 g/mol. The number of H-pyrrole nitrogens is 1. The van der Waals surface area contributed by atoms with Crippen LogP contribution < -0.4 is 20.3 Å². The van der Waals surface area contributed by atoms with Crippen molar-refractivity contribution in [2.24, 2.45) is 0 Å². The number of hydrogen-bond donors (Lipinski definition) is 2. The molecule has 3 aromatic rings. The summed E-state index contributed by atoms with van der Waals surface area (Å²) >= 11 is 0. The summed E-state index contributed by atoms with van der Waals surface area (Å²) in [6.07, 6.45) is 1.28. The SMILES string of the molecule is CN1CCN(Cc2ccc(C(=O)NCC3COc4cccc(-c5ccc(=O)[nH]c5)c4O3)o2)CC1. The first kappa shape index (κ1) is 22.2. The third-order valence-electron chi connectivity index (χ3n) is 6.13. The van der Waals surface area contributed by atoms with Gasteiger partial charge in [-0.25, -0.2) is 0 Å². The lowest BCUT2D eigenvalue weighted by Crippen LogP contribution is -2.43. The zero-order valence-electron chi connectivity index (χ0n) is 19.1. The van der Waals surface area contributed by atoms with Crippen LogP contribution in [0.1, 0.15) is 16.3 Å². The molecule has 34 heavy (non-hydrogen) atoms. The Bertz CT molecular complexity index is 1190. The molecule has 5 rings (SSSR count). The predicted octanol–water partition coefficient (Wildman–Crippen LogP) is 1.95. The number of fused-ring (bicyclic) bond motifs is 1. The molecule has 1 unspecified atom stereocenters. The highest BCUT2D eigenvalue weighted by molar-refractivity contribution is 5.91. The summed E-state index contributed by atoms with van der Waals surface area (Å²) in [5, 5.41) is 2.88. The molecule has 1 fully saturated rings. The molecule has 1 amide bonds. The molecule has 178 valence electrons. The summed E-state index contributed by atoms with van der Waals surface area (Å²) in [6, 6.07) is 12.4. The maximum absolute atomic E-state index is 12.6. The van der Waals surface area contributed by atoms with Gasteiger partial charge in [0.25, 0.3) is 5.91 Å². The molecule has 2 N–H and O–H groups in total. The average molecular weight is 465 g/mol. The van der Waals surface area contributed by atoms with Crippen LogP contribution in [0.5, 0.6) is 11.5 Å². The molecule has 2 aliphatic heterocycles. The molecule has 9 nitrogen and oxygen atoms in total. The van der Waals surface area contributed by atoms with E-state index in [1.54, 1.807) is 18.3 Å². The molecule has 9 heteroatoms. The minimum atomic E-state index is -0.361. The number of furan rings is 1. The number of rotatable bonds is 6. The number of nitrogens with one attached hydrogen (secondary N) is 2. The van der Waals surface area contributed by atoms with Gasteiger partial charge in [-0.15, -0.1) is 0 Å². The monoisotopic (exact) mass is 464 g/mol. The molecule has 2 aromatic heterocycles. The third kappa shape index (κ3) is 5.00. The topological polar surface area (TPSA) is 100 Å². The molecule has 1 saturated heterocycles. The second-order valence-corrected chi connectivity index (χ2v) is 8.68. The molecule has 0 spiro atoms. The van der Waals surface area contributed by atoms with Gasteiger partial charge in [-0.1, -0.05) is 12.1 Å². The third-order valence-corrected chi connectivity index (χ3v) is 6.13. The van der Waals surface area contributed by atoms with E-state index in [1.807, 2.05) is 24.3 Å². The Morgan fingerprint density at radius 2 is 1.97 bits per heavy atom. The van der Waals surface area contributed by atoms with Crippen LogP contribution in [0, 0.1) is 0 Å². The Morgan fingerprint density at radius 3 is 2.76 bits per heavy atom. The fraction of sp³-hybridized carbons (Fsp3) is 0.360.